The largest absolute Gasteiger partial charge is 1.00 e. The number of rotatable bonds is 7. The van der Waals surface area contributed by atoms with E-state index in [-0.39, 0.29) is 24.0 Å². The second-order valence-electron chi connectivity index (χ2n) is 9.62. The topological polar surface area (TPSA) is 35.9 Å². The lowest BCUT2D eigenvalue weighted by atomic mass is 9.86. The van der Waals surface area contributed by atoms with Gasteiger partial charge in [0.1, 0.15) is 29.6 Å². The zero-order valence-corrected chi connectivity index (χ0v) is 23.6. The molecule has 5 rings (SSSR count). The molecule has 0 N–H and O–H groups in total. The third-order valence-electron chi connectivity index (χ3n) is 6.31. The number of halogens is 1. The van der Waals surface area contributed by atoms with Crippen LogP contribution in [0.1, 0.15) is 54.8 Å². The van der Waals surface area contributed by atoms with Gasteiger partial charge in [0.25, 0.3) is 0 Å². The van der Waals surface area contributed by atoms with E-state index < -0.39 is 6.98 Å². The van der Waals surface area contributed by atoms with Gasteiger partial charge >= 0.3 is 0 Å². The molecule has 6 heteroatoms. The summed E-state index contributed by atoms with van der Waals surface area (Å²) in [4.78, 5) is 0. The van der Waals surface area contributed by atoms with Crippen LogP contribution in [0.4, 0.5) is 0 Å². The van der Waals surface area contributed by atoms with Crippen molar-refractivity contribution in [2.45, 2.75) is 39.5 Å². The lowest BCUT2D eigenvalue weighted by Crippen LogP contribution is -3.00. The van der Waals surface area contributed by atoms with Crippen molar-refractivity contribution in [3.05, 3.63) is 109 Å². The number of ether oxygens (including phenoxy) is 1. The minimum atomic E-state index is -2.22. The first-order valence-corrected chi connectivity index (χ1v) is 12.3. The van der Waals surface area contributed by atoms with E-state index in [0.717, 1.165) is 16.9 Å². The minimum Gasteiger partial charge on any atom is -1.00 e. The van der Waals surface area contributed by atoms with Crippen LogP contribution in [0.3, 0.4) is 0 Å². The number of hydrogen-bond donors (Lipinski definition) is 0. The normalized spacial score (nSPS) is 12.6. The Balaban J connectivity index is 0.00000370. The average molecular weight is 608 g/mol. The Hall–Kier alpha value is -3.39. The highest BCUT2D eigenvalue weighted by atomic mass is 127. The number of imidazole rings is 1. The van der Waals surface area contributed by atoms with Gasteiger partial charge in [-0.25, -0.2) is 13.8 Å². The van der Waals surface area contributed by atoms with Crippen molar-refractivity contribution in [3.63, 3.8) is 0 Å². The predicted octanol–water partition coefficient (Wildman–Crippen LogP) is 4.20. The van der Waals surface area contributed by atoms with Gasteiger partial charge < -0.3 is 28.7 Å². The number of nitrogens with zero attached hydrogens (tertiary/aromatic N) is 4. The van der Waals surface area contributed by atoms with Crippen LogP contribution in [0.2, 0.25) is 0 Å². The Labute approximate surface area is 240 Å². The van der Waals surface area contributed by atoms with Crippen LogP contribution < -0.4 is 33.3 Å². The molecule has 3 aromatic carbocycles. The van der Waals surface area contributed by atoms with E-state index in [1.54, 1.807) is 17.1 Å². The van der Waals surface area contributed by atoms with E-state index in [0.29, 0.717) is 23.3 Å². The highest BCUT2D eigenvalue weighted by molar-refractivity contribution is 5.72. The van der Waals surface area contributed by atoms with Crippen molar-refractivity contribution in [3.8, 4) is 34.0 Å². The molecule has 0 bridgehead atoms. The Morgan fingerprint density at radius 3 is 2.11 bits per heavy atom. The Morgan fingerprint density at radius 2 is 1.49 bits per heavy atom. The molecule has 190 valence electrons. The third-order valence-corrected chi connectivity index (χ3v) is 6.31. The van der Waals surface area contributed by atoms with Gasteiger partial charge in [0.05, 0.1) is 23.0 Å². The molecule has 0 aliphatic heterocycles. The number of hydrogen-bond acceptors (Lipinski definition) is 2. The van der Waals surface area contributed by atoms with E-state index in [1.807, 2.05) is 59.4 Å². The molecule has 5 aromatic rings. The maximum absolute atomic E-state index is 7.59. The fourth-order valence-corrected chi connectivity index (χ4v) is 4.52. The zero-order valence-electron chi connectivity index (χ0n) is 24.5. The molecule has 0 fully saturated rings. The molecule has 0 spiro atoms. The van der Waals surface area contributed by atoms with E-state index in [2.05, 4.69) is 52.1 Å². The Morgan fingerprint density at radius 1 is 0.865 bits per heavy atom. The van der Waals surface area contributed by atoms with Crippen LogP contribution >= 0.6 is 0 Å². The van der Waals surface area contributed by atoms with Gasteiger partial charge in [0, 0.05) is 23.9 Å². The zero-order chi connectivity index (χ0) is 27.7. The molecular formula is C31H33IN4O. The van der Waals surface area contributed by atoms with E-state index >= 15 is 0 Å². The first-order valence-electron chi connectivity index (χ1n) is 13.8. The van der Waals surface area contributed by atoms with Crippen molar-refractivity contribution in [2.24, 2.45) is 6.98 Å². The van der Waals surface area contributed by atoms with E-state index in [9.17, 15) is 0 Å². The fraction of sp³-hybridized carbons (Fsp3) is 0.226. The van der Waals surface area contributed by atoms with Gasteiger partial charge in [-0.3, -0.25) is 0 Å². The van der Waals surface area contributed by atoms with Crippen LogP contribution in [0.5, 0.6) is 11.5 Å². The van der Waals surface area contributed by atoms with E-state index in [4.69, 9.17) is 13.9 Å². The number of aromatic nitrogens is 4. The molecule has 37 heavy (non-hydrogen) atoms. The van der Waals surface area contributed by atoms with Crippen LogP contribution in [0, 0.1) is 0 Å². The average Bonchev–Trinajstić information content (AvgIpc) is 3.59. The van der Waals surface area contributed by atoms with Crippen molar-refractivity contribution < 1.29 is 37.4 Å². The van der Waals surface area contributed by atoms with Crippen LogP contribution in [-0.4, -0.2) is 14.3 Å². The molecule has 5 nitrogen and oxygen atoms in total. The highest BCUT2D eigenvalue weighted by Gasteiger charge is 2.17. The summed E-state index contributed by atoms with van der Waals surface area (Å²) in [5, 5.41) is 4.70. The second kappa shape index (κ2) is 11.3. The predicted molar refractivity (Wildman–Crippen MR) is 144 cm³/mol. The van der Waals surface area contributed by atoms with Crippen LogP contribution in [0.25, 0.3) is 22.5 Å². The smallest absolute Gasteiger partial charge is 0.248 e. The summed E-state index contributed by atoms with van der Waals surface area (Å²) in [7, 11) is 0. The first-order chi connectivity index (χ1) is 18.6. The molecule has 0 saturated heterocycles. The molecule has 0 aliphatic carbocycles. The summed E-state index contributed by atoms with van der Waals surface area (Å²) in [6.45, 7) is 6.68. The third kappa shape index (κ3) is 5.80. The highest BCUT2D eigenvalue weighted by Crippen LogP contribution is 2.36. The van der Waals surface area contributed by atoms with Crippen molar-refractivity contribution >= 4 is 0 Å². The molecule has 0 saturated carbocycles. The molecule has 0 radical (unpaired) electrons. The van der Waals surface area contributed by atoms with Gasteiger partial charge in [0.15, 0.2) is 0 Å². The van der Waals surface area contributed by atoms with Gasteiger partial charge in [-0.1, -0.05) is 58.0 Å². The fourth-order valence-electron chi connectivity index (χ4n) is 4.52. The second-order valence-corrected chi connectivity index (χ2v) is 9.62. The molecule has 0 unspecified atom stereocenters. The summed E-state index contributed by atoms with van der Waals surface area (Å²) >= 11 is 0. The van der Waals surface area contributed by atoms with Gasteiger partial charge in [-0.15, -0.1) is 0 Å². The van der Waals surface area contributed by atoms with Gasteiger partial charge in [-0.05, 0) is 52.8 Å². The summed E-state index contributed by atoms with van der Waals surface area (Å²) in [5.74, 6) is 2.13. The van der Waals surface area contributed by atoms with Crippen molar-refractivity contribution in [1.82, 2.24) is 14.3 Å². The standard InChI is InChI=1S/C31H33N4O.HI/c1-22(2)29-13-8-14-30(23(3)4)31(29)24-19-32-35(20-24)26-10-7-12-28(18-26)36-27-11-6-9-25(17-27)34-16-15-33(5)21-34;/h6-23H,1-5H3;1H/q+1;/p-1/i5D3;. The van der Waals surface area contributed by atoms with Gasteiger partial charge in [0.2, 0.25) is 6.33 Å². The SMILES string of the molecule is [2H]C([2H])([2H])[n+]1ccn(-c2cccc(Oc3cccc(-n4cc(-c5c(C(C)C)cccc5C(C)C)cn4)c3)c2)c1.[I-]. The molecule has 2 heterocycles. The number of aryl methyl sites for hydroxylation is 1. The molecular weight excluding hydrogens is 571 g/mol. The summed E-state index contributed by atoms with van der Waals surface area (Å²) in [6.07, 6.45) is 8.81. The van der Waals surface area contributed by atoms with Gasteiger partial charge in [-0.2, -0.15) is 5.10 Å². The summed E-state index contributed by atoms with van der Waals surface area (Å²) in [6, 6.07) is 21.9. The lowest BCUT2D eigenvalue weighted by molar-refractivity contribution is -0.670. The Kier molecular flexibility index (Phi) is 6.98. The summed E-state index contributed by atoms with van der Waals surface area (Å²) < 4.78 is 33.8. The van der Waals surface area contributed by atoms with Crippen LogP contribution in [0.15, 0.2) is 97.8 Å². The monoisotopic (exact) mass is 607 g/mol. The quantitative estimate of drug-likeness (QED) is 0.206. The maximum atomic E-state index is 7.59. The Bertz CT molecular complexity index is 1580. The lowest BCUT2D eigenvalue weighted by Gasteiger charge is -2.18. The van der Waals surface area contributed by atoms with E-state index in [1.165, 1.54) is 27.5 Å². The first kappa shape index (κ1) is 22.8. The molecule has 0 amide bonds. The molecule has 0 aliphatic rings. The van der Waals surface area contributed by atoms with Crippen molar-refractivity contribution in [1.29, 1.82) is 0 Å². The minimum absolute atomic E-state index is 0. The van der Waals surface area contributed by atoms with Crippen molar-refractivity contribution in [2.75, 3.05) is 0 Å². The molecule has 2 aromatic heterocycles. The molecule has 0 atom stereocenters. The number of benzene rings is 3. The maximum Gasteiger partial charge on any atom is 0.248 e. The van der Waals surface area contributed by atoms with Crippen LogP contribution in [-0.2, 0) is 6.98 Å². The summed E-state index contributed by atoms with van der Waals surface area (Å²) in [5.41, 5.74) is 6.71.